The number of hydrogen-bond donors (Lipinski definition) is 2. The molecule has 216 valence electrons. The van der Waals surface area contributed by atoms with E-state index in [9.17, 15) is 0 Å². The van der Waals surface area contributed by atoms with Crippen molar-refractivity contribution >= 4 is 0 Å². The van der Waals surface area contributed by atoms with Crippen LogP contribution < -0.4 is 0 Å². The molecule has 4 aromatic carbocycles. The van der Waals surface area contributed by atoms with Gasteiger partial charge in [-0.05, 0) is 47.9 Å². The van der Waals surface area contributed by atoms with Crippen LogP contribution in [0, 0.1) is 0 Å². The van der Waals surface area contributed by atoms with Crippen LogP contribution in [0.5, 0.6) is 0 Å². The third-order valence-corrected chi connectivity index (χ3v) is 8.30. The molecule has 0 spiro atoms. The zero-order valence-corrected chi connectivity index (χ0v) is 24.4. The van der Waals surface area contributed by atoms with Gasteiger partial charge >= 0.3 is 0 Å². The van der Waals surface area contributed by atoms with Crippen LogP contribution >= 0.6 is 0 Å². The Morgan fingerprint density at radius 1 is 0.465 bits per heavy atom. The van der Waals surface area contributed by atoms with Gasteiger partial charge in [-0.3, -0.25) is 0 Å². The molecular weight excluding hydrogens is 528 g/mol. The van der Waals surface area contributed by atoms with E-state index in [1.807, 2.05) is 24.8 Å². The molecule has 0 saturated heterocycles. The molecule has 0 saturated carbocycles. The van der Waals surface area contributed by atoms with Crippen molar-refractivity contribution in [2.24, 2.45) is 0 Å². The first kappa shape index (κ1) is 28.4. The predicted octanol–water partition coefficient (Wildman–Crippen LogP) is 8.38. The average molecular weight is 567 g/mol. The molecule has 0 aliphatic heterocycles. The minimum absolute atomic E-state index is 0.731. The van der Waals surface area contributed by atoms with E-state index in [4.69, 9.17) is 4.74 Å². The van der Waals surface area contributed by atoms with Crippen molar-refractivity contribution in [2.45, 2.75) is 49.7 Å². The topological polar surface area (TPSA) is 66.6 Å². The molecule has 43 heavy (non-hydrogen) atoms. The summed E-state index contributed by atoms with van der Waals surface area (Å²) in [5.74, 6) is 1.98. The van der Waals surface area contributed by atoms with Crippen LogP contribution in [0.2, 0.25) is 0 Å². The second kappa shape index (κ2) is 13.5. The molecular formula is C38H38N4O. The van der Waals surface area contributed by atoms with Crippen molar-refractivity contribution in [2.75, 3.05) is 0 Å². The standard InChI is InChI=1S/C38H38N4O/c1-5-15-31(16-6-1)37(32-17-7-2-8-18-32,25-13-23-35-39-27-28-40-35)43-38(33-19-9-3-10-20-33,34-21-11-4-12-22-34)26-14-24-36-41-29-30-42-36/h1-12,15-22,27-30H,13-14,23-26H2,(H,39,40)(H,41,42). The molecule has 0 aliphatic rings. The summed E-state index contributed by atoms with van der Waals surface area (Å²) in [5.41, 5.74) is 3.11. The van der Waals surface area contributed by atoms with Crippen molar-refractivity contribution in [1.29, 1.82) is 0 Å². The number of aromatic nitrogens is 4. The molecule has 0 fully saturated rings. The third kappa shape index (κ3) is 6.37. The van der Waals surface area contributed by atoms with Gasteiger partial charge in [0.2, 0.25) is 0 Å². The highest BCUT2D eigenvalue weighted by molar-refractivity contribution is 5.41. The van der Waals surface area contributed by atoms with Crippen LogP contribution in [0.1, 0.15) is 59.6 Å². The van der Waals surface area contributed by atoms with Gasteiger partial charge in [-0.1, -0.05) is 121 Å². The first-order chi connectivity index (χ1) is 21.3. The summed E-state index contributed by atoms with van der Waals surface area (Å²) in [6.45, 7) is 0. The van der Waals surface area contributed by atoms with Crippen LogP contribution in [0.25, 0.3) is 0 Å². The smallest absolute Gasteiger partial charge is 0.120 e. The number of nitrogens with one attached hydrogen (secondary N) is 2. The van der Waals surface area contributed by atoms with Crippen molar-refractivity contribution in [1.82, 2.24) is 19.9 Å². The van der Waals surface area contributed by atoms with E-state index in [2.05, 4.69) is 141 Å². The highest BCUT2D eigenvalue weighted by atomic mass is 16.5. The Bertz CT molecular complexity index is 1410. The molecule has 0 unspecified atom stereocenters. The fourth-order valence-electron chi connectivity index (χ4n) is 6.25. The van der Waals surface area contributed by atoms with E-state index in [0.717, 1.165) is 72.4 Å². The number of rotatable bonds is 14. The van der Waals surface area contributed by atoms with Gasteiger partial charge in [0.25, 0.3) is 0 Å². The van der Waals surface area contributed by atoms with E-state index in [1.54, 1.807) is 0 Å². The van der Waals surface area contributed by atoms with Gasteiger partial charge in [-0.15, -0.1) is 0 Å². The minimum atomic E-state index is -0.731. The van der Waals surface area contributed by atoms with Gasteiger partial charge in [0.1, 0.15) is 22.9 Å². The van der Waals surface area contributed by atoms with E-state index in [-0.39, 0.29) is 0 Å². The lowest BCUT2D eigenvalue weighted by atomic mass is 9.77. The molecule has 2 aromatic heterocycles. The number of aromatic amines is 2. The fraction of sp³-hybridized carbons (Fsp3) is 0.211. The number of benzene rings is 4. The van der Waals surface area contributed by atoms with Gasteiger partial charge in [-0.2, -0.15) is 0 Å². The van der Waals surface area contributed by atoms with Crippen LogP contribution in [0.3, 0.4) is 0 Å². The summed E-state index contributed by atoms with van der Waals surface area (Å²) >= 11 is 0. The lowest BCUT2D eigenvalue weighted by Crippen LogP contribution is -2.43. The van der Waals surface area contributed by atoms with E-state index >= 15 is 0 Å². The first-order valence-electron chi connectivity index (χ1n) is 15.2. The summed E-state index contributed by atoms with van der Waals surface area (Å²) in [4.78, 5) is 15.6. The van der Waals surface area contributed by atoms with Crippen molar-refractivity contribution in [3.05, 3.63) is 180 Å². The number of ether oxygens (including phenoxy) is 1. The van der Waals surface area contributed by atoms with E-state index in [0.29, 0.717) is 0 Å². The maximum atomic E-state index is 7.95. The zero-order valence-electron chi connectivity index (χ0n) is 24.4. The summed E-state index contributed by atoms with van der Waals surface area (Å²) in [7, 11) is 0. The third-order valence-electron chi connectivity index (χ3n) is 8.30. The predicted molar refractivity (Wildman–Crippen MR) is 171 cm³/mol. The van der Waals surface area contributed by atoms with Crippen LogP contribution in [-0.2, 0) is 28.8 Å². The van der Waals surface area contributed by atoms with Crippen molar-refractivity contribution in [3.8, 4) is 0 Å². The van der Waals surface area contributed by atoms with Crippen LogP contribution in [-0.4, -0.2) is 19.9 Å². The quantitative estimate of drug-likeness (QED) is 0.139. The lowest BCUT2D eigenvalue weighted by Gasteiger charge is -2.46. The fourth-order valence-corrected chi connectivity index (χ4v) is 6.25. The summed E-state index contributed by atoms with van der Waals surface area (Å²) < 4.78 is 7.95. The summed E-state index contributed by atoms with van der Waals surface area (Å²) in [6.07, 6.45) is 12.4. The highest BCUT2D eigenvalue weighted by Gasteiger charge is 2.46. The summed E-state index contributed by atoms with van der Waals surface area (Å²) in [6, 6.07) is 42.9. The van der Waals surface area contributed by atoms with Gasteiger partial charge in [0, 0.05) is 37.6 Å². The Kier molecular flexibility index (Phi) is 8.90. The van der Waals surface area contributed by atoms with Crippen molar-refractivity contribution in [3.63, 3.8) is 0 Å². The van der Waals surface area contributed by atoms with Crippen molar-refractivity contribution < 1.29 is 4.74 Å². The SMILES string of the molecule is c1ccc(C(CCCc2ncc[nH]2)(OC(CCCc2ncc[nH]2)(c2ccccc2)c2ccccc2)c2ccccc2)cc1. The van der Waals surface area contributed by atoms with Gasteiger partial charge in [-0.25, -0.2) is 9.97 Å². The van der Waals surface area contributed by atoms with Crippen LogP contribution in [0.15, 0.2) is 146 Å². The molecule has 5 nitrogen and oxygen atoms in total. The molecule has 0 atom stereocenters. The Balaban J connectivity index is 1.51. The number of aryl methyl sites for hydroxylation is 2. The Hall–Kier alpha value is -4.74. The Labute approximate surface area is 254 Å². The number of hydrogen-bond acceptors (Lipinski definition) is 3. The summed E-state index contributed by atoms with van der Waals surface area (Å²) in [5, 5.41) is 0. The average Bonchev–Trinajstić information content (AvgIpc) is 3.80. The van der Waals surface area contributed by atoms with Crippen LogP contribution in [0.4, 0.5) is 0 Å². The van der Waals surface area contributed by atoms with Gasteiger partial charge < -0.3 is 14.7 Å². The molecule has 0 aliphatic carbocycles. The molecule has 0 bridgehead atoms. The molecule has 5 heteroatoms. The Morgan fingerprint density at radius 3 is 1.07 bits per heavy atom. The monoisotopic (exact) mass is 566 g/mol. The minimum Gasteiger partial charge on any atom is -0.350 e. The molecule has 2 N–H and O–H groups in total. The largest absolute Gasteiger partial charge is 0.350 e. The second-order valence-corrected chi connectivity index (χ2v) is 11.0. The molecule has 6 aromatic rings. The first-order valence-corrected chi connectivity index (χ1v) is 15.2. The molecule has 6 rings (SSSR count). The van der Waals surface area contributed by atoms with E-state index in [1.165, 1.54) is 0 Å². The van der Waals surface area contributed by atoms with Gasteiger partial charge in [0.15, 0.2) is 0 Å². The van der Waals surface area contributed by atoms with E-state index < -0.39 is 11.2 Å². The maximum absolute atomic E-state index is 7.95. The van der Waals surface area contributed by atoms with Gasteiger partial charge in [0.05, 0.1) is 0 Å². The number of imidazole rings is 2. The second-order valence-electron chi connectivity index (χ2n) is 11.0. The zero-order chi connectivity index (χ0) is 29.2. The lowest BCUT2D eigenvalue weighted by molar-refractivity contribution is -0.135. The molecule has 2 heterocycles. The Morgan fingerprint density at radius 2 is 0.791 bits per heavy atom. The molecule has 0 radical (unpaired) electrons. The number of H-pyrrole nitrogens is 2. The normalized spacial score (nSPS) is 11.9. The molecule has 0 amide bonds. The highest BCUT2D eigenvalue weighted by Crippen LogP contribution is 2.49. The maximum Gasteiger partial charge on any atom is 0.120 e. The number of nitrogens with zero attached hydrogens (tertiary/aromatic N) is 2.